The average Bonchev–Trinajstić information content (AvgIpc) is 3.80. The van der Waals surface area contributed by atoms with Crippen LogP contribution in [0.2, 0.25) is 0 Å². The lowest BCUT2D eigenvalue weighted by Crippen LogP contribution is -2.50. The molecule has 1 aromatic carbocycles. The first kappa shape index (κ1) is 38.7. The molecule has 3 N–H and O–H groups in total. The fourth-order valence-corrected chi connectivity index (χ4v) is 7.30. The lowest BCUT2D eigenvalue weighted by molar-refractivity contribution is -0.173. The monoisotopic (exact) mass is 740 g/mol. The van der Waals surface area contributed by atoms with Gasteiger partial charge in [0.15, 0.2) is 12.2 Å². The van der Waals surface area contributed by atoms with Crippen molar-refractivity contribution in [3.63, 3.8) is 0 Å². The predicted molar refractivity (Wildman–Crippen MR) is 186 cm³/mol. The number of nitrogens with zero attached hydrogens (tertiary/aromatic N) is 4. The van der Waals surface area contributed by atoms with E-state index in [9.17, 15) is 24.2 Å². The number of nitrogens with one attached hydrogen (secondary N) is 1. The molecule has 0 bridgehead atoms. The van der Waals surface area contributed by atoms with Crippen LogP contribution in [0, 0.1) is 23.2 Å². The van der Waals surface area contributed by atoms with Crippen LogP contribution in [0.5, 0.6) is 5.75 Å². The third-order valence-corrected chi connectivity index (χ3v) is 10.3. The van der Waals surface area contributed by atoms with Gasteiger partial charge in [-0.05, 0) is 50.7 Å². The molecule has 2 aromatic heterocycles. The van der Waals surface area contributed by atoms with Crippen molar-refractivity contribution in [1.82, 2.24) is 19.6 Å². The maximum atomic E-state index is 14.6. The van der Waals surface area contributed by atoms with E-state index in [1.54, 1.807) is 64.1 Å². The summed E-state index contributed by atoms with van der Waals surface area (Å²) < 4.78 is 51.7. The zero-order chi connectivity index (χ0) is 37.8. The van der Waals surface area contributed by atoms with E-state index in [2.05, 4.69) is 10.2 Å². The van der Waals surface area contributed by atoms with E-state index >= 15 is 0 Å². The Hall–Kier alpha value is -4.52. The topological polar surface area (TPSA) is 206 Å². The minimum atomic E-state index is -4.56. The van der Waals surface area contributed by atoms with Gasteiger partial charge < -0.3 is 34.1 Å². The SMILES string of the molecule is CC(C)C(=O)O[C@H]1[C@H](c2ccc3c(N)ccnn23)O[C@](C#N)(CO[P@@](=O)(N[C@@H](C)C(=O)O[C@@H]2CCN(C)C2)Oc2ccccc2)[C@H]1OC(=O)C(C)C. The second-order valence-corrected chi connectivity index (χ2v) is 15.3. The van der Waals surface area contributed by atoms with Crippen molar-refractivity contribution in [3.8, 4) is 11.8 Å². The molecule has 7 atom stereocenters. The van der Waals surface area contributed by atoms with Crippen LogP contribution in [-0.2, 0) is 42.4 Å². The predicted octanol–water partition coefficient (Wildman–Crippen LogP) is 3.81. The molecule has 2 aliphatic rings. The number of esters is 3. The molecule has 52 heavy (non-hydrogen) atoms. The number of hydrogen-bond donors (Lipinski definition) is 2. The van der Waals surface area contributed by atoms with Crippen LogP contribution < -0.4 is 15.3 Å². The van der Waals surface area contributed by atoms with Gasteiger partial charge in [0.1, 0.15) is 36.7 Å². The van der Waals surface area contributed by atoms with E-state index in [0.29, 0.717) is 29.9 Å². The van der Waals surface area contributed by atoms with Gasteiger partial charge in [-0.15, -0.1) is 0 Å². The number of benzene rings is 1. The molecule has 0 radical (unpaired) electrons. The molecule has 3 aromatic rings. The number of rotatable bonds is 14. The zero-order valence-corrected chi connectivity index (χ0v) is 30.9. The van der Waals surface area contributed by atoms with E-state index in [4.69, 9.17) is 33.7 Å². The molecule has 4 heterocycles. The number of carbonyl (C=O) groups excluding carboxylic acids is 3. The van der Waals surface area contributed by atoms with Gasteiger partial charge in [-0.25, -0.2) is 9.08 Å². The van der Waals surface area contributed by atoms with E-state index in [1.807, 2.05) is 18.0 Å². The lowest BCUT2D eigenvalue weighted by Gasteiger charge is -2.31. The van der Waals surface area contributed by atoms with Crippen LogP contribution in [0.25, 0.3) is 5.52 Å². The molecule has 0 unspecified atom stereocenters. The normalized spacial score (nSPS) is 25.1. The first-order valence-corrected chi connectivity index (χ1v) is 18.6. The molecule has 0 amide bonds. The second-order valence-electron chi connectivity index (χ2n) is 13.6. The molecule has 5 rings (SSSR count). The number of para-hydroxylation sites is 1. The Balaban J connectivity index is 1.52. The van der Waals surface area contributed by atoms with E-state index in [-0.39, 0.29) is 11.9 Å². The van der Waals surface area contributed by atoms with E-state index < -0.39 is 74.1 Å². The van der Waals surface area contributed by atoms with Crippen LogP contribution in [0.4, 0.5) is 5.69 Å². The molecule has 2 fully saturated rings. The number of carbonyl (C=O) groups is 3. The Morgan fingerprint density at radius 2 is 1.73 bits per heavy atom. The van der Waals surface area contributed by atoms with Gasteiger partial charge in [-0.1, -0.05) is 45.9 Å². The minimum absolute atomic E-state index is 0.127. The van der Waals surface area contributed by atoms with Gasteiger partial charge in [0.2, 0.25) is 5.60 Å². The van der Waals surface area contributed by atoms with Crippen molar-refractivity contribution < 1.29 is 46.9 Å². The summed E-state index contributed by atoms with van der Waals surface area (Å²) >= 11 is 0. The third kappa shape index (κ3) is 8.57. The molecule has 17 heteroatoms. The summed E-state index contributed by atoms with van der Waals surface area (Å²) in [4.78, 5) is 41.5. The number of likely N-dealkylation sites (tertiary alicyclic amines) is 1. The Kier molecular flexibility index (Phi) is 11.9. The van der Waals surface area contributed by atoms with Crippen LogP contribution in [-0.4, -0.2) is 89.1 Å². The van der Waals surface area contributed by atoms with E-state index in [1.165, 1.54) is 29.8 Å². The number of aromatic nitrogens is 2. The van der Waals surface area contributed by atoms with Gasteiger partial charge in [0.25, 0.3) is 0 Å². The number of likely N-dealkylation sites (N-methyl/N-ethyl adjacent to an activating group) is 1. The highest BCUT2D eigenvalue weighted by Crippen LogP contribution is 2.50. The van der Waals surface area contributed by atoms with Gasteiger partial charge in [-0.2, -0.15) is 15.4 Å². The van der Waals surface area contributed by atoms with Crippen molar-refractivity contribution in [1.29, 1.82) is 5.26 Å². The number of fused-ring (bicyclic) bond motifs is 1. The molecule has 16 nitrogen and oxygen atoms in total. The Morgan fingerprint density at radius 1 is 1.04 bits per heavy atom. The summed E-state index contributed by atoms with van der Waals surface area (Å²) in [5.74, 6) is -3.21. The Morgan fingerprint density at radius 3 is 2.37 bits per heavy atom. The summed E-state index contributed by atoms with van der Waals surface area (Å²) in [5, 5.41) is 17.9. The van der Waals surface area contributed by atoms with Crippen molar-refractivity contribution >= 4 is 36.9 Å². The summed E-state index contributed by atoms with van der Waals surface area (Å²) in [6, 6.07) is 13.9. The Bertz CT molecular complexity index is 1850. The number of nitriles is 1. The molecule has 0 spiro atoms. The Labute approximate surface area is 302 Å². The zero-order valence-electron chi connectivity index (χ0n) is 30.0. The van der Waals surface area contributed by atoms with Crippen LogP contribution in [0.1, 0.15) is 52.8 Å². The van der Waals surface area contributed by atoms with Crippen molar-refractivity contribution in [2.24, 2.45) is 11.8 Å². The smallest absolute Gasteiger partial charge is 0.459 e. The molecular weight excluding hydrogens is 695 g/mol. The molecule has 2 saturated heterocycles. The summed E-state index contributed by atoms with van der Waals surface area (Å²) in [7, 11) is -2.65. The van der Waals surface area contributed by atoms with Gasteiger partial charge in [-0.3, -0.25) is 18.9 Å². The highest BCUT2D eigenvalue weighted by molar-refractivity contribution is 7.52. The fourth-order valence-electron chi connectivity index (χ4n) is 5.78. The highest BCUT2D eigenvalue weighted by Gasteiger charge is 2.62. The van der Waals surface area contributed by atoms with E-state index in [0.717, 1.165) is 6.54 Å². The summed E-state index contributed by atoms with van der Waals surface area (Å²) in [5.41, 5.74) is 5.17. The highest BCUT2D eigenvalue weighted by atomic mass is 31.2. The number of hydrogen-bond acceptors (Lipinski definition) is 14. The van der Waals surface area contributed by atoms with Crippen LogP contribution >= 0.6 is 7.75 Å². The first-order chi connectivity index (χ1) is 24.6. The average molecular weight is 741 g/mol. The fraction of sp³-hybridized carbons (Fsp3) is 0.514. The van der Waals surface area contributed by atoms with Gasteiger partial charge in [0, 0.05) is 19.3 Å². The number of ether oxygens (including phenoxy) is 4. The number of nitrogens with two attached hydrogens (primary N) is 1. The minimum Gasteiger partial charge on any atom is -0.460 e. The van der Waals surface area contributed by atoms with Gasteiger partial charge in [0.05, 0.1) is 28.7 Å². The maximum absolute atomic E-state index is 14.6. The second kappa shape index (κ2) is 16.0. The number of anilines is 1. The molecule has 0 saturated carbocycles. The number of nitrogen functional groups attached to an aromatic ring is 1. The van der Waals surface area contributed by atoms with Gasteiger partial charge >= 0.3 is 25.7 Å². The molecular formula is C35H45N6O10P. The largest absolute Gasteiger partial charge is 0.460 e. The van der Waals surface area contributed by atoms with Crippen molar-refractivity contribution in [2.45, 2.75) is 77.1 Å². The third-order valence-electron chi connectivity index (χ3n) is 8.68. The lowest BCUT2D eigenvalue weighted by atomic mass is 9.95. The molecule has 2 aliphatic heterocycles. The first-order valence-electron chi connectivity index (χ1n) is 17.0. The quantitative estimate of drug-likeness (QED) is 0.137. The molecule has 280 valence electrons. The standard InChI is InChI=1S/C35H45N6O10P/c1-21(2)32(42)48-30-29(28-13-12-27-26(37)14-16-38-41(27)28)50-35(19-36,31(30)49-33(43)22(3)4)20-46-52(45,51-24-10-8-7-9-11-24)39-23(5)34(44)47-25-15-17-40(6)18-25/h7-14,16,21-23,25,29-31H,15,17-18,20,37H2,1-6H3,(H,39,45)/t23-,25+,29-,30-,31-,35+,52-/m0/s1. The van der Waals surface area contributed by atoms with Crippen molar-refractivity contribution in [2.75, 3.05) is 32.5 Å². The molecule has 0 aliphatic carbocycles. The summed E-state index contributed by atoms with van der Waals surface area (Å²) in [6.07, 6.45) is -2.49. The summed E-state index contributed by atoms with van der Waals surface area (Å²) in [6.45, 7) is 8.35. The van der Waals surface area contributed by atoms with Crippen molar-refractivity contribution in [3.05, 3.63) is 60.4 Å². The maximum Gasteiger partial charge on any atom is 0.459 e. The van der Waals surface area contributed by atoms with Crippen LogP contribution in [0.15, 0.2) is 54.7 Å². The van der Waals surface area contributed by atoms with Crippen LogP contribution in [0.3, 0.4) is 0 Å².